The molecule has 0 bridgehead atoms. The van der Waals surface area contributed by atoms with E-state index in [0.717, 1.165) is 5.56 Å². The zero-order chi connectivity index (χ0) is 24.6. The lowest BCUT2D eigenvalue weighted by Crippen LogP contribution is -2.30. The molecule has 0 spiro atoms. The van der Waals surface area contributed by atoms with Crippen LogP contribution in [0.15, 0.2) is 46.5 Å². The third kappa shape index (κ3) is 6.95. The fourth-order valence-corrected chi connectivity index (χ4v) is 2.99. The summed E-state index contributed by atoms with van der Waals surface area (Å²) in [5.41, 5.74) is 7.71. The highest BCUT2D eigenvalue weighted by Crippen LogP contribution is 2.32. The van der Waals surface area contributed by atoms with E-state index in [2.05, 4.69) is 36.2 Å². The zero-order valence-electron chi connectivity index (χ0n) is 20.1. The summed E-state index contributed by atoms with van der Waals surface area (Å²) >= 11 is 0. The van der Waals surface area contributed by atoms with Gasteiger partial charge in [-0.25, -0.2) is 4.99 Å². The number of hydrazone groups is 1. The Morgan fingerprint density at radius 3 is 2.36 bits per heavy atom. The maximum absolute atomic E-state index is 13.0. The number of anilines is 1. The maximum Gasteiger partial charge on any atom is 0.277 e. The molecule has 0 fully saturated rings. The van der Waals surface area contributed by atoms with Gasteiger partial charge in [-0.15, -0.1) is 0 Å². The van der Waals surface area contributed by atoms with Gasteiger partial charge in [-0.1, -0.05) is 20.8 Å². The van der Waals surface area contributed by atoms with Crippen LogP contribution in [0.4, 0.5) is 11.4 Å². The van der Waals surface area contributed by atoms with Crippen LogP contribution in [0.25, 0.3) is 0 Å². The number of methoxy groups -OCH3 is 2. The molecule has 0 atom stereocenters. The van der Waals surface area contributed by atoms with Gasteiger partial charge in [0.25, 0.3) is 5.91 Å². The first-order valence-electron chi connectivity index (χ1n) is 10.5. The van der Waals surface area contributed by atoms with E-state index in [1.165, 1.54) is 7.11 Å². The molecule has 9 heteroatoms. The molecule has 5 N–H and O–H groups in total. The van der Waals surface area contributed by atoms with Crippen LogP contribution in [0.3, 0.4) is 0 Å². The van der Waals surface area contributed by atoms with Gasteiger partial charge in [0.1, 0.15) is 29.5 Å². The highest BCUT2D eigenvalue weighted by molar-refractivity contribution is 6.68. The van der Waals surface area contributed by atoms with Gasteiger partial charge in [-0.05, 0) is 42.2 Å². The molecular formula is C24H33N5O4. The number of amides is 1. The molecule has 178 valence electrons. The summed E-state index contributed by atoms with van der Waals surface area (Å²) in [5.74, 6) is 6.78. The molecule has 1 amide bonds. The van der Waals surface area contributed by atoms with Crippen LogP contribution in [-0.4, -0.2) is 44.7 Å². The fraction of sp³-hybridized carbons (Fsp3) is 0.375. The Kier molecular flexibility index (Phi) is 8.81. The van der Waals surface area contributed by atoms with Crippen molar-refractivity contribution in [2.24, 2.45) is 21.7 Å². The van der Waals surface area contributed by atoms with Crippen molar-refractivity contribution in [3.63, 3.8) is 0 Å². The van der Waals surface area contributed by atoms with Gasteiger partial charge in [0.15, 0.2) is 5.71 Å². The molecule has 0 unspecified atom stereocenters. The molecule has 0 aliphatic heterocycles. The number of nitrogens with two attached hydrogens (primary N) is 2. The summed E-state index contributed by atoms with van der Waals surface area (Å²) in [5, 5.41) is 6.52. The van der Waals surface area contributed by atoms with Gasteiger partial charge in [-0.3, -0.25) is 4.79 Å². The molecule has 0 saturated carbocycles. The summed E-state index contributed by atoms with van der Waals surface area (Å²) in [6.45, 7) is 8.62. The van der Waals surface area contributed by atoms with Gasteiger partial charge in [0.05, 0.1) is 19.9 Å². The average Bonchev–Trinajstić information content (AvgIpc) is 2.77. The second-order valence-electron chi connectivity index (χ2n) is 8.30. The van der Waals surface area contributed by atoms with Crippen LogP contribution in [0, 0.1) is 0 Å². The van der Waals surface area contributed by atoms with Gasteiger partial charge >= 0.3 is 0 Å². The Bertz CT molecular complexity index is 1040. The van der Waals surface area contributed by atoms with E-state index >= 15 is 0 Å². The first-order chi connectivity index (χ1) is 15.6. The predicted octanol–water partition coefficient (Wildman–Crippen LogP) is 3.38. The largest absolute Gasteiger partial charge is 0.497 e. The van der Waals surface area contributed by atoms with Gasteiger partial charge in [-0.2, -0.15) is 5.10 Å². The minimum atomic E-state index is -0.503. The molecule has 0 aliphatic rings. The first-order valence-corrected chi connectivity index (χ1v) is 10.5. The van der Waals surface area contributed by atoms with Gasteiger partial charge in [0.2, 0.25) is 0 Å². The van der Waals surface area contributed by atoms with Crippen molar-refractivity contribution < 1.29 is 19.0 Å². The van der Waals surface area contributed by atoms with E-state index in [1.807, 2.05) is 12.1 Å². The fourth-order valence-electron chi connectivity index (χ4n) is 2.99. The number of hydrogen-bond donors (Lipinski definition) is 3. The third-order valence-corrected chi connectivity index (χ3v) is 4.78. The second-order valence-corrected chi connectivity index (χ2v) is 8.30. The van der Waals surface area contributed by atoms with Crippen LogP contribution in [0.5, 0.6) is 17.2 Å². The summed E-state index contributed by atoms with van der Waals surface area (Å²) < 4.78 is 16.3. The van der Waals surface area contributed by atoms with Crippen LogP contribution >= 0.6 is 0 Å². The monoisotopic (exact) mass is 455 g/mol. The van der Waals surface area contributed by atoms with Crippen LogP contribution in [-0.2, 0) is 10.2 Å². The van der Waals surface area contributed by atoms with E-state index in [1.54, 1.807) is 38.3 Å². The second kappa shape index (κ2) is 11.3. The zero-order valence-corrected chi connectivity index (χ0v) is 20.1. The summed E-state index contributed by atoms with van der Waals surface area (Å²) in [4.78, 5) is 17.5. The number of nitrogens with one attached hydrogen (secondary N) is 1. The predicted molar refractivity (Wildman–Crippen MR) is 132 cm³/mol. The van der Waals surface area contributed by atoms with Crippen molar-refractivity contribution in [2.75, 3.05) is 32.7 Å². The summed E-state index contributed by atoms with van der Waals surface area (Å²) in [6.07, 6.45) is 0. The Morgan fingerprint density at radius 1 is 1.06 bits per heavy atom. The van der Waals surface area contributed by atoms with E-state index in [0.29, 0.717) is 47.5 Å². The lowest BCUT2D eigenvalue weighted by molar-refractivity contribution is -0.110. The van der Waals surface area contributed by atoms with Crippen molar-refractivity contribution in [1.82, 2.24) is 0 Å². The lowest BCUT2D eigenvalue weighted by Gasteiger charge is -2.21. The maximum atomic E-state index is 13.0. The quantitative estimate of drug-likeness (QED) is 0.301. The van der Waals surface area contributed by atoms with Gasteiger partial charge < -0.3 is 31.1 Å². The molecule has 2 aromatic carbocycles. The van der Waals surface area contributed by atoms with E-state index < -0.39 is 5.91 Å². The topological polar surface area (TPSA) is 134 Å². The molecule has 2 aromatic rings. The summed E-state index contributed by atoms with van der Waals surface area (Å²) in [7, 11) is 3.09. The molecule has 0 radical (unpaired) electrons. The Morgan fingerprint density at radius 2 is 1.79 bits per heavy atom. The number of rotatable bonds is 9. The van der Waals surface area contributed by atoms with Crippen LogP contribution < -0.4 is 31.1 Å². The van der Waals surface area contributed by atoms with E-state index in [4.69, 9.17) is 25.8 Å². The minimum absolute atomic E-state index is 0.0227. The third-order valence-electron chi connectivity index (χ3n) is 4.78. The standard InChI is InChI=1S/C24H33N5O4/c1-15(27-20-14-18(31-5)7-8-21(20)32-6)22(29-26)23(30)28-17-11-16(24(2,3)4)12-19(13-17)33-10-9-25/h7-8,11-14H,9-10,25-26H2,1-6H3,(H,28,30)/b27-15?,29-22+. The molecule has 0 aromatic heterocycles. The van der Waals surface area contributed by atoms with Crippen LogP contribution in [0.2, 0.25) is 0 Å². The molecule has 9 nitrogen and oxygen atoms in total. The summed E-state index contributed by atoms with van der Waals surface area (Å²) in [6, 6.07) is 10.7. The van der Waals surface area contributed by atoms with Crippen molar-refractivity contribution in [2.45, 2.75) is 33.1 Å². The Hall–Kier alpha value is -3.59. The molecule has 33 heavy (non-hydrogen) atoms. The first kappa shape index (κ1) is 25.7. The smallest absolute Gasteiger partial charge is 0.277 e. The Labute approximate surface area is 194 Å². The van der Waals surface area contributed by atoms with Crippen molar-refractivity contribution >= 4 is 28.7 Å². The van der Waals surface area contributed by atoms with E-state index in [-0.39, 0.29) is 11.1 Å². The number of carbonyl (C=O) groups excluding carboxylic acids is 1. The molecule has 0 heterocycles. The van der Waals surface area contributed by atoms with Crippen molar-refractivity contribution in [3.8, 4) is 17.2 Å². The number of ether oxygens (including phenoxy) is 3. The normalized spacial score (nSPS) is 12.3. The average molecular weight is 456 g/mol. The SMILES string of the molecule is COc1ccc(OC)c(N=C(C)/C(=N\N)C(=O)Nc2cc(OCCN)cc(C(C)(C)C)c2)c1. The lowest BCUT2D eigenvalue weighted by atomic mass is 9.86. The number of aliphatic imine (C=N–C) groups is 1. The number of benzene rings is 2. The number of carbonyl (C=O) groups is 1. The Balaban J connectivity index is 2.36. The molecule has 0 saturated heterocycles. The number of hydrogen-bond acceptors (Lipinski definition) is 8. The molecule has 2 rings (SSSR count). The number of nitrogens with zero attached hydrogens (tertiary/aromatic N) is 2. The minimum Gasteiger partial charge on any atom is -0.497 e. The molecular weight excluding hydrogens is 422 g/mol. The van der Waals surface area contributed by atoms with Crippen molar-refractivity contribution in [3.05, 3.63) is 42.0 Å². The van der Waals surface area contributed by atoms with Crippen LogP contribution in [0.1, 0.15) is 33.3 Å². The highest BCUT2D eigenvalue weighted by atomic mass is 16.5. The van der Waals surface area contributed by atoms with Gasteiger partial charge in [0, 0.05) is 24.4 Å². The van der Waals surface area contributed by atoms with Crippen molar-refractivity contribution in [1.29, 1.82) is 0 Å². The molecule has 0 aliphatic carbocycles. The van der Waals surface area contributed by atoms with E-state index in [9.17, 15) is 4.79 Å². The highest BCUT2D eigenvalue weighted by Gasteiger charge is 2.20.